The molecule has 3 aromatic rings. The first-order valence-electron chi connectivity index (χ1n) is 7.89. The first-order chi connectivity index (χ1) is 12.7. The van der Waals surface area contributed by atoms with Crippen molar-refractivity contribution in [3.05, 3.63) is 78.4 Å². The molecule has 26 heavy (non-hydrogen) atoms. The number of nitrogens with one attached hydrogen (secondary N) is 1. The van der Waals surface area contributed by atoms with E-state index in [4.69, 9.17) is 0 Å². The third-order valence-corrected chi connectivity index (χ3v) is 5.47. The monoisotopic (exact) mass is 385 g/mol. The molecule has 0 radical (unpaired) electrons. The van der Waals surface area contributed by atoms with E-state index in [9.17, 15) is 9.18 Å². The summed E-state index contributed by atoms with van der Waals surface area (Å²) in [7, 11) is 0. The second-order valence-electron chi connectivity index (χ2n) is 5.24. The van der Waals surface area contributed by atoms with Crippen molar-refractivity contribution in [2.75, 3.05) is 5.75 Å². The number of amides is 1. The van der Waals surface area contributed by atoms with E-state index in [-0.39, 0.29) is 24.0 Å². The van der Waals surface area contributed by atoms with Gasteiger partial charge < -0.3 is 5.32 Å². The van der Waals surface area contributed by atoms with E-state index in [0.29, 0.717) is 10.6 Å². The minimum Gasteiger partial charge on any atom is -0.351 e. The zero-order valence-electron chi connectivity index (χ0n) is 13.8. The van der Waals surface area contributed by atoms with Gasteiger partial charge in [-0.1, -0.05) is 59.9 Å². The Kier molecular flexibility index (Phi) is 6.62. The normalized spacial score (nSPS) is 10.5. The third kappa shape index (κ3) is 5.31. The number of nitrogens with zero attached hydrogens (tertiary/aromatic N) is 2. The largest absolute Gasteiger partial charge is 0.351 e. The molecular formula is C19H16FN3OS2. The molecule has 0 aliphatic heterocycles. The fraction of sp³-hybridized carbons (Fsp3) is 0.105. The molecule has 0 aliphatic carbocycles. The lowest BCUT2D eigenvalue weighted by Crippen LogP contribution is -2.25. The molecule has 4 nitrogen and oxygen atoms in total. The summed E-state index contributed by atoms with van der Waals surface area (Å²) in [6.07, 6.45) is 3.24. The molecule has 0 atom stereocenters. The Hall–Kier alpha value is -2.38. The lowest BCUT2D eigenvalue weighted by molar-refractivity contribution is -0.118. The maximum absolute atomic E-state index is 13.6. The molecule has 2 aromatic carbocycles. The fourth-order valence-corrected chi connectivity index (χ4v) is 3.86. The predicted molar refractivity (Wildman–Crippen MR) is 102 cm³/mol. The van der Waals surface area contributed by atoms with Crippen LogP contribution in [0.2, 0.25) is 0 Å². The van der Waals surface area contributed by atoms with Gasteiger partial charge in [0.15, 0.2) is 0 Å². The van der Waals surface area contributed by atoms with Gasteiger partial charge in [-0.15, -0.1) is 0 Å². The molecule has 0 saturated heterocycles. The minimum atomic E-state index is -0.323. The van der Waals surface area contributed by atoms with Crippen LogP contribution in [0.25, 0.3) is 0 Å². The van der Waals surface area contributed by atoms with Crippen LogP contribution in [-0.4, -0.2) is 21.6 Å². The van der Waals surface area contributed by atoms with Gasteiger partial charge in [0.1, 0.15) is 15.9 Å². The van der Waals surface area contributed by atoms with E-state index in [1.54, 1.807) is 30.6 Å². The van der Waals surface area contributed by atoms with Gasteiger partial charge in [-0.3, -0.25) is 4.79 Å². The Labute approximate surface area is 159 Å². The summed E-state index contributed by atoms with van der Waals surface area (Å²) in [5.41, 5.74) is 0.464. The molecule has 0 aliphatic rings. The van der Waals surface area contributed by atoms with Crippen LogP contribution in [-0.2, 0) is 11.3 Å². The molecule has 0 saturated carbocycles. The van der Waals surface area contributed by atoms with Crippen molar-refractivity contribution in [3.63, 3.8) is 0 Å². The van der Waals surface area contributed by atoms with Crippen LogP contribution in [0.5, 0.6) is 0 Å². The van der Waals surface area contributed by atoms with Crippen molar-refractivity contribution in [2.45, 2.75) is 21.5 Å². The van der Waals surface area contributed by atoms with Crippen LogP contribution in [0.15, 0.2) is 81.9 Å². The second-order valence-corrected chi connectivity index (χ2v) is 7.26. The number of aromatic nitrogens is 2. The Balaban J connectivity index is 1.56. The minimum absolute atomic E-state index is 0.165. The summed E-state index contributed by atoms with van der Waals surface area (Å²) in [5.74, 6) is -0.314. The highest BCUT2D eigenvalue weighted by molar-refractivity contribution is 8.02. The molecule has 1 amide bonds. The van der Waals surface area contributed by atoms with Crippen molar-refractivity contribution in [1.29, 1.82) is 0 Å². The summed E-state index contributed by atoms with van der Waals surface area (Å²) >= 11 is 2.82. The smallest absolute Gasteiger partial charge is 0.230 e. The van der Waals surface area contributed by atoms with Crippen molar-refractivity contribution in [1.82, 2.24) is 15.3 Å². The summed E-state index contributed by atoms with van der Waals surface area (Å²) in [5, 5.41) is 4.18. The molecule has 0 fully saturated rings. The topological polar surface area (TPSA) is 54.9 Å². The summed E-state index contributed by atoms with van der Waals surface area (Å²) in [6, 6.07) is 16.3. The molecule has 1 aromatic heterocycles. The molecule has 132 valence electrons. The fourth-order valence-electron chi connectivity index (χ4n) is 2.10. The summed E-state index contributed by atoms with van der Waals surface area (Å²) in [6.45, 7) is 0.165. The van der Waals surface area contributed by atoms with Crippen molar-refractivity contribution >= 4 is 29.4 Å². The molecule has 0 spiro atoms. The van der Waals surface area contributed by atoms with Crippen molar-refractivity contribution in [3.8, 4) is 0 Å². The standard InChI is InChI=1S/C19H16FN3OS2/c20-16-9-5-4-6-14(16)12-23-17(24)13-25-18-19(22-11-10-21-18)26-15-7-2-1-3-8-15/h1-11H,12-13H2,(H,23,24). The highest BCUT2D eigenvalue weighted by Crippen LogP contribution is 2.32. The zero-order chi connectivity index (χ0) is 18.2. The van der Waals surface area contributed by atoms with Gasteiger partial charge in [0.2, 0.25) is 5.91 Å². The van der Waals surface area contributed by atoms with Gasteiger partial charge >= 0.3 is 0 Å². The van der Waals surface area contributed by atoms with E-state index >= 15 is 0 Å². The van der Waals surface area contributed by atoms with Crippen LogP contribution in [0.4, 0.5) is 4.39 Å². The zero-order valence-corrected chi connectivity index (χ0v) is 15.4. The molecule has 1 heterocycles. The lowest BCUT2D eigenvalue weighted by Gasteiger charge is -2.08. The first-order valence-corrected chi connectivity index (χ1v) is 9.69. The molecule has 1 N–H and O–H groups in total. The average molecular weight is 385 g/mol. The second kappa shape index (κ2) is 9.35. The number of halogens is 1. The highest BCUT2D eigenvalue weighted by atomic mass is 32.2. The molecule has 0 bridgehead atoms. The van der Waals surface area contributed by atoms with Crippen LogP contribution in [0.3, 0.4) is 0 Å². The highest BCUT2D eigenvalue weighted by Gasteiger charge is 2.11. The number of hydrogen-bond donors (Lipinski definition) is 1. The van der Waals surface area contributed by atoms with Crippen molar-refractivity contribution in [2.24, 2.45) is 0 Å². The van der Waals surface area contributed by atoms with Gasteiger partial charge in [-0.2, -0.15) is 0 Å². The number of carbonyl (C=O) groups excluding carboxylic acids is 1. The van der Waals surface area contributed by atoms with Crippen LogP contribution in [0, 0.1) is 5.82 Å². The van der Waals surface area contributed by atoms with Gasteiger partial charge in [0.25, 0.3) is 0 Å². The average Bonchev–Trinajstić information content (AvgIpc) is 2.67. The Morgan fingerprint density at radius 1 is 0.962 bits per heavy atom. The van der Waals surface area contributed by atoms with E-state index in [2.05, 4.69) is 15.3 Å². The number of rotatable bonds is 7. The number of benzene rings is 2. The van der Waals surface area contributed by atoms with Gasteiger partial charge in [0.05, 0.1) is 5.75 Å². The Bertz CT molecular complexity index is 877. The Morgan fingerprint density at radius 3 is 2.42 bits per heavy atom. The van der Waals surface area contributed by atoms with Crippen LogP contribution in [0.1, 0.15) is 5.56 Å². The first kappa shape index (κ1) is 18.4. The summed E-state index contributed by atoms with van der Waals surface area (Å²) < 4.78 is 13.6. The Morgan fingerprint density at radius 2 is 1.65 bits per heavy atom. The molecule has 7 heteroatoms. The SMILES string of the molecule is O=C(CSc1nccnc1Sc1ccccc1)NCc1ccccc1F. The van der Waals surface area contributed by atoms with Crippen LogP contribution < -0.4 is 5.32 Å². The van der Waals surface area contributed by atoms with Crippen molar-refractivity contribution < 1.29 is 9.18 Å². The van der Waals surface area contributed by atoms with E-state index in [1.165, 1.54) is 29.6 Å². The summed E-state index contributed by atoms with van der Waals surface area (Å²) in [4.78, 5) is 21.8. The predicted octanol–water partition coefficient (Wildman–Crippen LogP) is 4.18. The lowest BCUT2D eigenvalue weighted by atomic mass is 10.2. The van der Waals surface area contributed by atoms with Gasteiger partial charge in [-0.05, 0) is 18.2 Å². The van der Waals surface area contributed by atoms with Gasteiger partial charge in [0, 0.05) is 29.4 Å². The number of hydrogen-bond acceptors (Lipinski definition) is 5. The molecule has 3 rings (SSSR count). The maximum atomic E-state index is 13.6. The molecule has 0 unspecified atom stereocenters. The van der Waals surface area contributed by atoms with E-state index in [1.807, 2.05) is 30.3 Å². The number of thioether (sulfide) groups is 1. The van der Waals surface area contributed by atoms with E-state index in [0.717, 1.165) is 9.92 Å². The van der Waals surface area contributed by atoms with E-state index < -0.39 is 0 Å². The van der Waals surface area contributed by atoms with Crippen LogP contribution >= 0.6 is 23.5 Å². The molecular weight excluding hydrogens is 369 g/mol. The van der Waals surface area contributed by atoms with Gasteiger partial charge in [-0.25, -0.2) is 14.4 Å². The maximum Gasteiger partial charge on any atom is 0.230 e. The number of carbonyl (C=O) groups is 1. The third-order valence-electron chi connectivity index (χ3n) is 3.36. The quantitative estimate of drug-likeness (QED) is 0.619.